The molecule has 20 heavy (non-hydrogen) atoms. The Morgan fingerprint density at radius 3 is 2.70 bits per heavy atom. The van der Waals surface area contributed by atoms with E-state index in [9.17, 15) is 4.79 Å². The normalized spacial score (nSPS) is 22.4. The molecule has 1 aromatic rings. The number of carbonyl (C=O) groups is 1. The molecule has 1 aliphatic rings. The van der Waals surface area contributed by atoms with Gasteiger partial charge < -0.3 is 10.2 Å². The lowest BCUT2D eigenvalue weighted by atomic mass is 9.85. The van der Waals surface area contributed by atoms with Crippen molar-refractivity contribution in [2.24, 2.45) is 5.92 Å². The van der Waals surface area contributed by atoms with Gasteiger partial charge in [0.25, 0.3) is 5.91 Å². The van der Waals surface area contributed by atoms with E-state index >= 15 is 0 Å². The molecule has 0 saturated heterocycles. The smallest absolute Gasteiger partial charge is 0.274 e. The summed E-state index contributed by atoms with van der Waals surface area (Å²) in [5, 5.41) is 3.07. The van der Waals surface area contributed by atoms with Crippen molar-refractivity contribution in [3.63, 3.8) is 0 Å². The van der Waals surface area contributed by atoms with Crippen LogP contribution in [0.25, 0.3) is 0 Å². The quantitative estimate of drug-likeness (QED) is 0.918. The summed E-state index contributed by atoms with van der Waals surface area (Å²) in [4.78, 5) is 22.7. The van der Waals surface area contributed by atoms with E-state index in [1.165, 1.54) is 19.3 Å². The average molecular weight is 276 g/mol. The molecule has 0 aliphatic heterocycles. The summed E-state index contributed by atoms with van der Waals surface area (Å²) in [6.45, 7) is 5.02. The van der Waals surface area contributed by atoms with Crippen LogP contribution in [0.5, 0.6) is 0 Å². The maximum absolute atomic E-state index is 12.5. The van der Waals surface area contributed by atoms with Crippen LogP contribution in [0.4, 0.5) is 5.82 Å². The van der Waals surface area contributed by atoms with E-state index in [4.69, 9.17) is 0 Å². The molecule has 1 aromatic heterocycles. The number of anilines is 1. The van der Waals surface area contributed by atoms with E-state index in [1.807, 2.05) is 18.9 Å². The first kappa shape index (κ1) is 14.8. The van der Waals surface area contributed by atoms with E-state index in [0.29, 0.717) is 23.5 Å². The van der Waals surface area contributed by atoms with Crippen molar-refractivity contribution >= 4 is 11.7 Å². The fraction of sp³-hybridized carbons (Fsp3) is 0.667. The fourth-order valence-corrected chi connectivity index (χ4v) is 2.91. The zero-order valence-corrected chi connectivity index (χ0v) is 12.6. The highest BCUT2D eigenvalue weighted by Crippen LogP contribution is 2.27. The van der Waals surface area contributed by atoms with Crippen LogP contribution in [0.2, 0.25) is 0 Å². The van der Waals surface area contributed by atoms with Crippen molar-refractivity contribution in [1.82, 2.24) is 14.9 Å². The Kier molecular flexibility index (Phi) is 4.93. The molecule has 2 unspecified atom stereocenters. The molecule has 110 valence electrons. The van der Waals surface area contributed by atoms with Gasteiger partial charge in [-0.25, -0.2) is 9.97 Å². The van der Waals surface area contributed by atoms with Crippen LogP contribution in [0.15, 0.2) is 12.4 Å². The number of amides is 1. The van der Waals surface area contributed by atoms with Gasteiger partial charge in [0.05, 0.1) is 12.4 Å². The highest BCUT2D eigenvalue weighted by atomic mass is 16.2. The second kappa shape index (κ2) is 6.68. The summed E-state index contributed by atoms with van der Waals surface area (Å²) in [6.07, 6.45) is 7.95. The minimum atomic E-state index is -0.0284. The molecule has 2 rings (SSSR count). The van der Waals surface area contributed by atoms with Crippen LogP contribution in [-0.4, -0.2) is 40.4 Å². The molecule has 5 nitrogen and oxygen atoms in total. The monoisotopic (exact) mass is 276 g/mol. The minimum Gasteiger partial charge on any atom is -0.369 e. The maximum Gasteiger partial charge on any atom is 0.274 e. The van der Waals surface area contributed by atoms with Crippen LogP contribution >= 0.6 is 0 Å². The van der Waals surface area contributed by atoms with E-state index in [-0.39, 0.29) is 5.91 Å². The summed E-state index contributed by atoms with van der Waals surface area (Å²) in [6, 6.07) is 0.325. The van der Waals surface area contributed by atoms with Crippen molar-refractivity contribution in [3.8, 4) is 0 Å². The van der Waals surface area contributed by atoms with Crippen LogP contribution in [0.3, 0.4) is 0 Å². The topological polar surface area (TPSA) is 58.1 Å². The lowest BCUT2D eigenvalue weighted by Crippen LogP contribution is -2.42. The molecule has 5 heteroatoms. The van der Waals surface area contributed by atoms with Gasteiger partial charge in [0.1, 0.15) is 11.5 Å². The van der Waals surface area contributed by atoms with E-state index < -0.39 is 0 Å². The predicted molar refractivity (Wildman–Crippen MR) is 79.7 cm³/mol. The first-order chi connectivity index (χ1) is 9.63. The number of carbonyl (C=O) groups excluding carboxylic acids is 1. The molecular formula is C15H24N4O. The van der Waals surface area contributed by atoms with Crippen molar-refractivity contribution < 1.29 is 4.79 Å². The van der Waals surface area contributed by atoms with E-state index in [0.717, 1.165) is 13.0 Å². The van der Waals surface area contributed by atoms with Gasteiger partial charge in [0.2, 0.25) is 0 Å². The highest BCUT2D eigenvalue weighted by molar-refractivity contribution is 5.92. The lowest BCUT2D eigenvalue weighted by Gasteiger charge is -2.36. The zero-order valence-electron chi connectivity index (χ0n) is 12.6. The molecule has 1 aliphatic carbocycles. The van der Waals surface area contributed by atoms with Gasteiger partial charge in [-0.1, -0.05) is 19.8 Å². The standard InChI is InChI=1S/C15H24N4O/c1-4-16-14-10-17-12(9-18-14)15(20)19(3)13-8-6-5-7-11(13)2/h9-11,13H,4-8H2,1-3H3,(H,16,18). The van der Waals surface area contributed by atoms with E-state index in [1.54, 1.807) is 12.4 Å². The molecule has 1 fully saturated rings. The Labute approximate surface area is 120 Å². The van der Waals surface area contributed by atoms with Crippen LogP contribution in [0, 0.1) is 5.92 Å². The van der Waals surface area contributed by atoms with Crippen molar-refractivity contribution in [1.29, 1.82) is 0 Å². The molecule has 0 bridgehead atoms. The molecule has 1 saturated carbocycles. The third-order valence-corrected chi connectivity index (χ3v) is 4.11. The number of aromatic nitrogens is 2. The second-order valence-electron chi connectivity index (χ2n) is 5.56. The summed E-state index contributed by atoms with van der Waals surface area (Å²) in [5.41, 5.74) is 0.423. The first-order valence-electron chi connectivity index (χ1n) is 7.46. The SMILES string of the molecule is CCNc1cnc(C(=O)N(C)C2CCCCC2C)cn1. The third kappa shape index (κ3) is 3.26. The zero-order chi connectivity index (χ0) is 14.5. The molecule has 1 amide bonds. The van der Waals surface area contributed by atoms with Crippen molar-refractivity contribution in [2.45, 2.75) is 45.6 Å². The second-order valence-corrected chi connectivity index (χ2v) is 5.56. The Bertz CT molecular complexity index is 446. The van der Waals surface area contributed by atoms with Crippen LogP contribution in [-0.2, 0) is 0 Å². The van der Waals surface area contributed by atoms with E-state index in [2.05, 4.69) is 22.2 Å². The maximum atomic E-state index is 12.5. The molecule has 1 N–H and O–H groups in total. The molecule has 0 aromatic carbocycles. The number of hydrogen-bond donors (Lipinski definition) is 1. The van der Waals surface area contributed by atoms with Crippen molar-refractivity contribution in [3.05, 3.63) is 18.1 Å². The molecule has 1 heterocycles. The summed E-state index contributed by atoms with van der Waals surface area (Å²) >= 11 is 0. The van der Waals surface area contributed by atoms with Gasteiger partial charge >= 0.3 is 0 Å². The number of nitrogens with one attached hydrogen (secondary N) is 1. The number of rotatable bonds is 4. The van der Waals surface area contributed by atoms with Gasteiger partial charge in [-0.2, -0.15) is 0 Å². The predicted octanol–water partition coefficient (Wildman–Crippen LogP) is 2.56. The summed E-state index contributed by atoms with van der Waals surface area (Å²) in [7, 11) is 1.88. The van der Waals surface area contributed by atoms with Crippen LogP contribution in [0.1, 0.15) is 50.0 Å². The fourth-order valence-electron chi connectivity index (χ4n) is 2.91. The average Bonchev–Trinajstić information content (AvgIpc) is 2.47. The molecule has 0 spiro atoms. The highest BCUT2D eigenvalue weighted by Gasteiger charge is 2.28. The van der Waals surface area contributed by atoms with Gasteiger partial charge in [-0.3, -0.25) is 4.79 Å². The minimum absolute atomic E-state index is 0.0284. The number of nitrogens with zero attached hydrogens (tertiary/aromatic N) is 3. The Morgan fingerprint density at radius 2 is 2.10 bits per heavy atom. The van der Waals surface area contributed by atoms with Gasteiger partial charge in [-0.05, 0) is 25.7 Å². The Morgan fingerprint density at radius 1 is 1.35 bits per heavy atom. The van der Waals surface area contributed by atoms with Gasteiger partial charge in [0, 0.05) is 19.6 Å². The third-order valence-electron chi connectivity index (χ3n) is 4.11. The summed E-state index contributed by atoms with van der Waals surface area (Å²) < 4.78 is 0. The van der Waals surface area contributed by atoms with Crippen molar-refractivity contribution in [2.75, 3.05) is 18.9 Å². The first-order valence-corrected chi connectivity index (χ1v) is 7.46. The molecular weight excluding hydrogens is 252 g/mol. The van der Waals surface area contributed by atoms with Crippen LogP contribution < -0.4 is 5.32 Å². The largest absolute Gasteiger partial charge is 0.369 e. The molecule has 0 radical (unpaired) electrons. The Hall–Kier alpha value is -1.65. The van der Waals surface area contributed by atoms with Gasteiger partial charge in [0.15, 0.2) is 0 Å². The molecule has 2 atom stereocenters. The number of hydrogen-bond acceptors (Lipinski definition) is 4. The lowest BCUT2D eigenvalue weighted by molar-refractivity contribution is 0.0622. The Balaban J connectivity index is 2.05. The summed E-state index contributed by atoms with van der Waals surface area (Å²) in [5.74, 6) is 1.24. The van der Waals surface area contributed by atoms with Gasteiger partial charge in [-0.15, -0.1) is 0 Å².